The molecular formula is C13H22O2. The first-order chi connectivity index (χ1) is 7.05. The first kappa shape index (κ1) is 11.1. The minimum Gasteiger partial charge on any atom is -0.364 e. The smallest absolute Gasteiger partial charge is 0.148 e. The zero-order valence-corrected chi connectivity index (χ0v) is 9.92. The number of carbonyl (C=O) groups excluding carboxylic acids is 1. The molecule has 1 saturated carbocycles. The first-order valence-corrected chi connectivity index (χ1v) is 6.18. The molecule has 1 aliphatic carbocycles. The van der Waals surface area contributed by atoms with Crippen molar-refractivity contribution in [2.24, 2.45) is 5.41 Å². The number of hydrogen-bond acceptors (Lipinski definition) is 2. The maximum Gasteiger partial charge on any atom is 0.148 e. The van der Waals surface area contributed by atoms with Crippen LogP contribution in [0, 0.1) is 5.41 Å². The van der Waals surface area contributed by atoms with Gasteiger partial charge in [-0.05, 0) is 43.9 Å². The van der Waals surface area contributed by atoms with E-state index in [1.165, 1.54) is 12.8 Å². The van der Waals surface area contributed by atoms with Gasteiger partial charge in [0.2, 0.25) is 0 Å². The summed E-state index contributed by atoms with van der Waals surface area (Å²) in [6.07, 6.45) is 8.91. The Balaban J connectivity index is 2.08. The fourth-order valence-corrected chi connectivity index (χ4v) is 3.41. The first-order valence-electron chi connectivity index (χ1n) is 6.18. The Bertz CT molecular complexity index is 243. The molecule has 2 heteroatoms. The molecular weight excluding hydrogens is 188 g/mol. The zero-order chi connectivity index (χ0) is 10.9. The van der Waals surface area contributed by atoms with Gasteiger partial charge in [0.15, 0.2) is 0 Å². The summed E-state index contributed by atoms with van der Waals surface area (Å²) in [5.74, 6) is 0. The molecule has 0 aromatic rings. The lowest BCUT2D eigenvalue weighted by atomic mass is 9.67. The van der Waals surface area contributed by atoms with Crippen LogP contribution in [0.4, 0.5) is 0 Å². The average Bonchev–Trinajstić information content (AvgIpc) is 2.15. The molecule has 2 unspecified atom stereocenters. The molecule has 0 bridgehead atoms. The van der Waals surface area contributed by atoms with Crippen LogP contribution in [-0.4, -0.2) is 18.0 Å². The fourth-order valence-electron chi connectivity index (χ4n) is 3.41. The van der Waals surface area contributed by atoms with Crippen LogP contribution in [0.25, 0.3) is 0 Å². The van der Waals surface area contributed by atoms with E-state index in [-0.39, 0.29) is 11.7 Å². The summed E-state index contributed by atoms with van der Waals surface area (Å²) in [5, 5.41) is 0. The van der Waals surface area contributed by atoms with E-state index in [1.807, 2.05) is 0 Å². The Kier molecular flexibility index (Phi) is 2.89. The lowest BCUT2D eigenvalue weighted by Crippen LogP contribution is -2.46. The van der Waals surface area contributed by atoms with Crippen molar-refractivity contribution >= 4 is 6.29 Å². The molecule has 2 rings (SSSR count). The molecule has 2 atom stereocenters. The van der Waals surface area contributed by atoms with E-state index >= 15 is 0 Å². The maximum atomic E-state index is 10.8. The third-order valence-corrected chi connectivity index (χ3v) is 3.96. The molecule has 0 aromatic carbocycles. The van der Waals surface area contributed by atoms with Gasteiger partial charge in [-0.15, -0.1) is 0 Å². The third kappa shape index (κ3) is 2.41. The van der Waals surface area contributed by atoms with Crippen LogP contribution in [-0.2, 0) is 9.53 Å². The maximum absolute atomic E-state index is 10.8. The van der Waals surface area contributed by atoms with Crippen molar-refractivity contribution in [3.8, 4) is 0 Å². The number of carbonyl (C=O) groups is 1. The van der Waals surface area contributed by atoms with Crippen LogP contribution >= 0.6 is 0 Å². The molecule has 1 saturated heterocycles. The highest BCUT2D eigenvalue weighted by Crippen LogP contribution is 2.47. The van der Waals surface area contributed by atoms with Gasteiger partial charge in [-0.3, -0.25) is 0 Å². The quantitative estimate of drug-likeness (QED) is 0.622. The summed E-state index contributed by atoms with van der Waals surface area (Å²) < 4.78 is 6.03. The van der Waals surface area contributed by atoms with Crippen LogP contribution in [0.3, 0.4) is 0 Å². The molecule has 1 aliphatic heterocycles. The summed E-state index contributed by atoms with van der Waals surface area (Å²) in [6.45, 7) is 4.64. The van der Waals surface area contributed by atoms with Crippen LogP contribution < -0.4 is 0 Å². The van der Waals surface area contributed by atoms with Crippen LogP contribution in [0.2, 0.25) is 0 Å². The minimum atomic E-state index is -0.132. The van der Waals surface area contributed by atoms with E-state index in [0.717, 1.165) is 38.4 Å². The van der Waals surface area contributed by atoms with E-state index in [2.05, 4.69) is 13.8 Å². The topological polar surface area (TPSA) is 26.3 Å². The Morgan fingerprint density at radius 3 is 2.60 bits per heavy atom. The van der Waals surface area contributed by atoms with Crippen LogP contribution in [0.5, 0.6) is 0 Å². The molecule has 1 heterocycles. The van der Waals surface area contributed by atoms with Gasteiger partial charge in [0, 0.05) is 0 Å². The molecule has 0 radical (unpaired) electrons. The van der Waals surface area contributed by atoms with Crippen LogP contribution in [0.1, 0.15) is 58.8 Å². The summed E-state index contributed by atoms with van der Waals surface area (Å²) in [7, 11) is 0. The van der Waals surface area contributed by atoms with E-state index in [9.17, 15) is 4.79 Å². The van der Waals surface area contributed by atoms with Gasteiger partial charge in [0.25, 0.3) is 0 Å². The molecule has 86 valence electrons. The van der Waals surface area contributed by atoms with Crippen LogP contribution in [0.15, 0.2) is 0 Å². The molecule has 0 aromatic heterocycles. The Hall–Kier alpha value is -0.370. The van der Waals surface area contributed by atoms with E-state index in [0.29, 0.717) is 5.41 Å². The van der Waals surface area contributed by atoms with Gasteiger partial charge < -0.3 is 9.53 Å². The average molecular weight is 210 g/mol. The zero-order valence-electron chi connectivity index (χ0n) is 9.92. The number of ether oxygens (including phenoxy) is 1. The number of aldehydes is 1. The summed E-state index contributed by atoms with van der Waals surface area (Å²) in [5.41, 5.74) is 0.425. The van der Waals surface area contributed by atoms with Crippen molar-refractivity contribution in [3.63, 3.8) is 0 Å². The normalized spacial score (nSPS) is 40.3. The lowest BCUT2D eigenvalue weighted by molar-refractivity contribution is -0.167. The Morgan fingerprint density at radius 1 is 1.20 bits per heavy atom. The largest absolute Gasteiger partial charge is 0.364 e. The molecule has 2 aliphatic rings. The Morgan fingerprint density at radius 2 is 1.93 bits per heavy atom. The molecule has 0 N–H and O–H groups in total. The fraction of sp³-hybridized carbons (Fsp3) is 0.923. The minimum absolute atomic E-state index is 0.0333. The molecule has 2 nitrogen and oxygen atoms in total. The van der Waals surface area contributed by atoms with Gasteiger partial charge in [-0.25, -0.2) is 0 Å². The second-order valence-corrected chi connectivity index (χ2v) is 6.06. The van der Waals surface area contributed by atoms with Crippen molar-refractivity contribution in [2.75, 3.05) is 0 Å². The van der Waals surface area contributed by atoms with Gasteiger partial charge in [-0.2, -0.15) is 0 Å². The molecule has 15 heavy (non-hydrogen) atoms. The highest BCUT2D eigenvalue weighted by atomic mass is 16.5. The van der Waals surface area contributed by atoms with Gasteiger partial charge in [0.1, 0.15) is 12.4 Å². The van der Waals surface area contributed by atoms with Crippen molar-refractivity contribution in [1.29, 1.82) is 0 Å². The molecule has 0 amide bonds. The molecule has 2 fully saturated rings. The predicted molar refractivity (Wildman–Crippen MR) is 59.8 cm³/mol. The van der Waals surface area contributed by atoms with Gasteiger partial charge in [-0.1, -0.05) is 20.3 Å². The third-order valence-electron chi connectivity index (χ3n) is 3.96. The van der Waals surface area contributed by atoms with Gasteiger partial charge in [0.05, 0.1) is 5.60 Å². The molecule has 1 spiro atoms. The summed E-state index contributed by atoms with van der Waals surface area (Å²) >= 11 is 0. The second kappa shape index (κ2) is 3.89. The van der Waals surface area contributed by atoms with Crippen molar-refractivity contribution in [1.82, 2.24) is 0 Å². The van der Waals surface area contributed by atoms with Crippen molar-refractivity contribution < 1.29 is 9.53 Å². The van der Waals surface area contributed by atoms with E-state index in [4.69, 9.17) is 4.74 Å². The van der Waals surface area contributed by atoms with Gasteiger partial charge >= 0.3 is 0 Å². The Labute approximate surface area is 92.4 Å². The van der Waals surface area contributed by atoms with E-state index in [1.54, 1.807) is 0 Å². The number of rotatable bonds is 1. The van der Waals surface area contributed by atoms with Crippen molar-refractivity contribution in [2.45, 2.75) is 70.5 Å². The predicted octanol–water partition coefficient (Wildman–Crippen LogP) is 3.09. The van der Waals surface area contributed by atoms with E-state index < -0.39 is 0 Å². The number of hydrogen-bond donors (Lipinski definition) is 0. The second-order valence-electron chi connectivity index (χ2n) is 6.06. The van der Waals surface area contributed by atoms with Crippen molar-refractivity contribution in [3.05, 3.63) is 0 Å². The monoisotopic (exact) mass is 210 g/mol. The summed E-state index contributed by atoms with van der Waals surface area (Å²) in [4.78, 5) is 10.8. The SMILES string of the molecule is CC1(C)CCCC2(CCCC(C=O)O2)C1. The summed E-state index contributed by atoms with van der Waals surface area (Å²) in [6, 6.07) is 0. The lowest BCUT2D eigenvalue weighted by Gasteiger charge is -2.48. The highest BCUT2D eigenvalue weighted by molar-refractivity contribution is 5.56. The standard InChI is InChI=1S/C13H22O2/c1-12(2)6-4-8-13(10-12)7-3-5-11(9-14)15-13/h9,11H,3-8,10H2,1-2H3. The highest BCUT2D eigenvalue weighted by Gasteiger charge is 2.43.